The highest BCUT2D eigenvalue weighted by atomic mass is 35.5. The van der Waals surface area contributed by atoms with E-state index >= 15 is 0 Å². The minimum atomic E-state index is -4.29. The fourth-order valence-electron chi connectivity index (χ4n) is 2.22. The van der Waals surface area contributed by atoms with E-state index < -0.39 is 27.5 Å². The largest absolute Gasteiger partial charge is 0.468 e. The first-order chi connectivity index (χ1) is 12.2. The first-order valence-electron chi connectivity index (χ1n) is 7.27. The lowest BCUT2D eigenvalue weighted by molar-refractivity contribution is -0.385. The number of nitro groups is 1. The Bertz CT molecular complexity index is 961. The topological polar surface area (TPSA) is 107 Å². The van der Waals surface area contributed by atoms with Crippen LogP contribution in [0.1, 0.15) is 5.56 Å². The summed E-state index contributed by atoms with van der Waals surface area (Å²) < 4.78 is 31.5. The van der Waals surface area contributed by atoms with Gasteiger partial charge < -0.3 is 4.74 Å². The number of hydrogen-bond acceptors (Lipinski definition) is 6. The summed E-state index contributed by atoms with van der Waals surface area (Å²) in [6.07, 6.45) is 0. The van der Waals surface area contributed by atoms with Crippen LogP contribution < -0.4 is 4.31 Å². The lowest BCUT2D eigenvalue weighted by Gasteiger charge is -2.25. The minimum Gasteiger partial charge on any atom is -0.468 e. The van der Waals surface area contributed by atoms with Crippen LogP contribution >= 0.6 is 11.6 Å². The van der Waals surface area contributed by atoms with Crippen molar-refractivity contribution in [1.29, 1.82) is 0 Å². The summed E-state index contributed by atoms with van der Waals surface area (Å²) in [5.41, 5.74) is 0.341. The average molecular weight is 399 g/mol. The van der Waals surface area contributed by atoms with Crippen LogP contribution in [0.2, 0.25) is 5.02 Å². The zero-order valence-electron chi connectivity index (χ0n) is 13.9. The van der Waals surface area contributed by atoms with Gasteiger partial charge in [-0.3, -0.25) is 19.2 Å². The number of ether oxygens (including phenoxy) is 1. The third-order valence-electron chi connectivity index (χ3n) is 3.56. The number of methoxy groups -OCH3 is 1. The highest BCUT2D eigenvalue weighted by Gasteiger charge is 2.30. The van der Waals surface area contributed by atoms with E-state index in [-0.39, 0.29) is 21.3 Å². The van der Waals surface area contributed by atoms with Gasteiger partial charge in [-0.25, -0.2) is 8.42 Å². The Morgan fingerprint density at radius 3 is 2.58 bits per heavy atom. The van der Waals surface area contributed by atoms with Crippen LogP contribution in [0.25, 0.3) is 0 Å². The fourth-order valence-corrected chi connectivity index (χ4v) is 3.89. The van der Waals surface area contributed by atoms with Gasteiger partial charge in [0.05, 0.1) is 22.6 Å². The van der Waals surface area contributed by atoms with E-state index in [9.17, 15) is 23.3 Å². The number of carbonyl (C=O) groups excluding carboxylic acids is 1. The van der Waals surface area contributed by atoms with Crippen molar-refractivity contribution in [3.8, 4) is 0 Å². The van der Waals surface area contributed by atoms with Crippen molar-refractivity contribution < 1.29 is 22.9 Å². The molecule has 138 valence electrons. The number of anilines is 1. The number of nitrogens with zero attached hydrogens (tertiary/aromatic N) is 2. The van der Waals surface area contributed by atoms with Gasteiger partial charge in [0.2, 0.25) is 0 Å². The summed E-state index contributed by atoms with van der Waals surface area (Å²) in [6, 6.07) is 9.16. The molecule has 0 aliphatic rings. The summed E-state index contributed by atoms with van der Waals surface area (Å²) in [6.45, 7) is 1.04. The highest BCUT2D eigenvalue weighted by molar-refractivity contribution is 7.92. The highest BCUT2D eigenvalue weighted by Crippen LogP contribution is 2.30. The van der Waals surface area contributed by atoms with Gasteiger partial charge in [0, 0.05) is 17.2 Å². The molecule has 2 aromatic rings. The molecule has 2 rings (SSSR count). The number of sulfonamides is 1. The fraction of sp³-hybridized carbons (Fsp3) is 0.188. The van der Waals surface area contributed by atoms with Crippen LogP contribution in [0.3, 0.4) is 0 Å². The number of rotatable bonds is 6. The van der Waals surface area contributed by atoms with Crippen LogP contribution in [0.4, 0.5) is 11.4 Å². The van der Waals surface area contributed by atoms with Gasteiger partial charge in [0.15, 0.2) is 0 Å². The van der Waals surface area contributed by atoms with E-state index in [4.69, 9.17) is 11.6 Å². The number of non-ortho nitro benzene ring substituents is 1. The molecule has 0 heterocycles. The zero-order valence-corrected chi connectivity index (χ0v) is 15.5. The van der Waals surface area contributed by atoms with E-state index in [1.165, 1.54) is 24.3 Å². The summed E-state index contributed by atoms with van der Waals surface area (Å²) in [5.74, 6) is -0.793. The van der Waals surface area contributed by atoms with Crippen molar-refractivity contribution in [1.82, 2.24) is 0 Å². The molecule has 0 atom stereocenters. The Labute approximate surface area is 155 Å². The second-order valence-corrected chi connectivity index (χ2v) is 7.57. The molecule has 8 nitrogen and oxygen atoms in total. The van der Waals surface area contributed by atoms with Crippen molar-refractivity contribution >= 4 is 39.0 Å². The van der Waals surface area contributed by atoms with E-state index in [2.05, 4.69) is 4.74 Å². The van der Waals surface area contributed by atoms with E-state index in [1.807, 2.05) is 0 Å². The van der Waals surface area contributed by atoms with Gasteiger partial charge >= 0.3 is 5.97 Å². The quantitative estimate of drug-likeness (QED) is 0.420. The Morgan fingerprint density at radius 1 is 1.27 bits per heavy atom. The van der Waals surface area contributed by atoms with Gasteiger partial charge in [-0.1, -0.05) is 23.7 Å². The molecule has 0 aromatic heterocycles. The summed E-state index contributed by atoms with van der Waals surface area (Å²) in [5, 5.41) is 11.2. The maximum Gasteiger partial charge on any atom is 0.326 e. The standard InChI is InChI=1S/C16H15ClN2O6S/c1-11-6-7-12(17)8-15(11)18(10-16(20)25-2)26(23,24)14-5-3-4-13(9-14)19(21)22/h3-9H,10H2,1-2H3. The number of nitro benzene ring substituents is 1. The van der Waals surface area contributed by atoms with Gasteiger partial charge in [0.1, 0.15) is 6.54 Å². The van der Waals surface area contributed by atoms with Crippen molar-refractivity contribution in [3.05, 3.63) is 63.2 Å². The van der Waals surface area contributed by atoms with Crippen LogP contribution in [0.15, 0.2) is 47.4 Å². The SMILES string of the molecule is COC(=O)CN(c1cc(Cl)ccc1C)S(=O)(=O)c1cccc([N+](=O)[O-])c1. The van der Waals surface area contributed by atoms with E-state index in [0.29, 0.717) is 5.56 Å². The first kappa shape index (κ1) is 19.7. The van der Waals surface area contributed by atoms with Gasteiger partial charge in [-0.05, 0) is 30.7 Å². The zero-order chi connectivity index (χ0) is 19.5. The lowest BCUT2D eigenvalue weighted by Crippen LogP contribution is -2.36. The third kappa shape index (κ3) is 4.12. The van der Waals surface area contributed by atoms with Crippen molar-refractivity contribution in [2.24, 2.45) is 0 Å². The molecular formula is C16H15ClN2O6S. The number of hydrogen-bond donors (Lipinski definition) is 0. The minimum absolute atomic E-state index is 0.175. The molecule has 10 heteroatoms. The molecule has 0 unspecified atom stereocenters. The van der Waals surface area contributed by atoms with Crippen molar-refractivity contribution in [2.75, 3.05) is 18.0 Å². The second-order valence-electron chi connectivity index (χ2n) is 5.27. The molecule has 0 radical (unpaired) electrons. The monoisotopic (exact) mass is 398 g/mol. The summed E-state index contributed by atoms with van der Waals surface area (Å²) in [4.78, 5) is 21.7. The Kier molecular flexibility index (Phi) is 5.83. The number of benzene rings is 2. The molecule has 0 aliphatic heterocycles. The van der Waals surface area contributed by atoms with Gasteiger partial charge in [0.25, 0.3) is 15.7 Å². The second kappa shape index (κ2) is 7.71. The molecule has 0 fully saturated rings. The molecule has 0 N–H and O–H groups in total. The van der Waals surface area contributed by atoms with Crippen molar-refractivity contribution in [2.45, 2.75) is 11.8 Å². The molecule has 0 spiro atoms. The first-order valence-corrected chi connectivity index (χ1v) is 9.09. The van der Waals surface area contributed by atoms with Crippen LogP contribution in [0.5, 0.6) is 0 Å². The molecule has 0 bridgehead atoms. The number of carbonyl (C=O) groups is 1. The molecule has 26 heavy (non-hydrogen) atoms. The van der Waals surface area contributed by atoms with Crippen LogP contribution in [-0.4, -0.2) is 33.0 Å². The van der Waals surface area contributed by atoms with E-state index in [1.54, 1.807) is 19.1 Å². The van der Waals surface area contributed by atoms with Gasteiger partial charge in [-0.15, -0.1) is 0 Å². The molecular weight excluding hydrogens is 384 g/mol. The summed E-state index contributed by atoms with van der Waals surface area (Å²) in [7, 11) is -3.15. The molecule has 0 saturated carbocycles. The normalized spacial score (nSPS) is 11.0. The molecule has 0 amide bonds. The number of halogens is 1. The van der Waals surface area contributed by atoms with Crippen LogP contribution in [0, 0.1) is 17.0 Å². The Morgan fingerprint density at radius 2 is 1.96 bits per heavy atom. The molecule has 0 saturated heterocycles. The number of aryl methyl sites for hydroxylation is 1. The smallest absolute Gasteiger partial charge is 0.326 e. The Balaban J connectivity index is 2.64. The molecule has 0 aliphatic carbocycles. The predicted molar refractivity (Wildman–Crippen MR) is 95.8 cm³/mol. The lowest BCUT2D eigenvalue weighted by atomic mass is 10.2. The van der Waals surface area contributed by atoms with E-state index in [0.717, 1.165) is 17.5 Å². The van der Waals surface area contributed by atoms with Crippen LogP contribution in [-0.2, 0) is 19.6 Å². The molecule has 2 aromatic carbocycles. The predicted octanol–water partition coefficient (Wildman–Crippen LogP) is 2.92. The third-order valence-corrected chi connectivity index (χ3v) is 5.55. The van der Waals surface area contributed by atoms with Crippen molar-refractivity contribution in [3.63, 3.8) is 0 Å². The summed E-state index contributed by atoms with van der Waals surface area (Å²) >= 11 is 5.97. The Hall–Kier alpha value is -2.65. The average Bonchev–Trinajstić information content (AvgIpc) is 2.61. The van der Waals surface area contributed by atoms with Gasteiger partial charge in [-0.2, -0.15) is 0 Å². The number of esters is 1. The maximum atomic E-state index is 13.1. The maximum absolute atomic E-state index is 13.1.